The average molecular weight is 462 g/mol. The number of alkyl halides is 3. The first-order valence-electron chi connectivity index (χ1n) is 11.5. The van der Waals surface area contributed by atoms with Crippen molar-refractivity contribution in [3.63, 3.8) is 0 Å². The Balaban J connectivity index is 1.46. The third-order valence-corrected chi connectivity index (χ3v) is 6.89. The number of benzene rings is 1. The first kappa shape index (κ1) is 23.5. The molecule has 178 valence electrons. The molecule has 1 aromatic heterocycles. The van der Waals surface area contributed by atoms with Gasteiger partial charge in [0.1, 0.15) is 5.82 Å². The van der Waals surface area contributed by atoms with E-state index in [1.165, 1.54) is 6.07 Å². The van der Waals surface area contributed by atoms with Gasteiger partial charge in [0.2, 0.25) is 5.91 Å². The van der Waals surface area contributed by atoms with Crippen molar-refractivity contribution in [1.29, 1.82) is 0 Å². The predicted molar refractivity (Wildman–Crippen MR) is 120 cm³/mol. The van der Waals surface area contributed by atoms with Gasteiger partial charge in [-0.25, -0.2) is 4.98 Å². The summed E-state index contributed by atoms with van der Waals surface area (Å²) in [5, 5.41) is 2.94. The van der Waals surface area contributed by atoms with E-state index in [0.717, 1.165) is 55.4 Å². The Morgan fingerprint density at radius 3 is 2.55 bits per heavy atom. The topological polar surface area (TPSA) is 54.5 Å². The normalized spacial score (nSPS) is 19.3. The Morgan fingerprint density at radius 1 is 1.18 bits per heavy atom. The van der Waals surface area contributed by atoms with Gasteiger partial charge in [-0.1, -0.05) is 31.2 Å². The number of piperidine rings is 1. The third kappa shape index (κ3) is 5.32. The molecule has 0 bridgehead atoms. The van der Waals surface area contributed by atoms with Crippen LogP contribution in [0.2, 0.25) is 0 Å². The van der Waals surface area contributed by atoms with Crippen LogP contribution in [0.3, 0.4) is 0 Å². The van der Waals surface area contributed by atoms with Crippen molar-refractivity contribution in [2.24, 2.45) is 5.92 Å². The second-order valence-electron chi connectivity index (χ2n) is 9.15. The molecule has 2 saturated heterocycles. The lowest BCUT2D eigenvalue weighted by atomic mass is 9.73. The first-order valence-corrected chi connectivity index (χ1v) is 11.5. The fourth-order valence-electron chi connectivity index (χ4n) is 4.66. The number of hydrogen-bond acceptors (Lipinski definition) is 4. The maximum absolute atomic E-state index is 13.3. The standard InChI is InChI=1S/C25H30F3N3O2/c1-18-7-11-31(12-8-18)22-6-5-19(16-29-22)17-30-23(32)24(9-13-33-14-10-24)20-3-2-4-21(15-20)25(26,27)28/h2-6,15-16,18H,7-14,17H2,1H3,(H,30,32). The zero-order valence-corrected chi connectivity index (χ0v) is 18.8. The third-order valence-electron chi connectivity index (χ3n) is 6.89. The number of nitrogens with one attached hydrogen (secondary N) is 1. The van der Waals surface area contributed by atoms with Crippen LogP contribution in [0.1, 0.15) is 49.3 Å². The van der Waals surface area contributed by atoms with Crippen LogP contribution in [-0.2, 0) is 27.7 Å². The maximum Gasteiger partial charge on any atom is 0.416 e. The Bertz CT molecular complexity index is 948. The van der Waals surface area contributed by atoms with Crippen LogP contribution >= 0.6 is 0 Å². The molecule has 3 heterocycles. The number of carbonyl (C=O) groups excluding carboxylic acids is 1. The summed E-state index contributed by atoms with van der Waals surface area (Å²) in [7, 11) is 0. The summed E-state index contributed by atoms with van der Waals surface area (Å²) in [6, 6.07) is 9.02. The molecular formula is C25H30F3N3O2. The van der Waals surface area contributed by atoms with Crippen LogP contribution in [0.4, 0.5) is 19.0 Å². The number of anilines is 1. The van der Waals surface area contributed by atoms with Crippen LogP contribution in [0, 0.1) is 5.92 Å². The van der Waals surface area contributed by atoms with Gasteiger partial charge in [0.25, 0.3) is 0 Å². The van der Waals surface area contributed by atoms with Gasteiger partial charge in [-0.2, -0.15) is 13.2 Å². The Morgan fingerprint density at radius 2 is 1.91 bits per heavy atom. The van der Waals surface area contributed by atoms with E-state index < -0.39 is 17.2 Å². The number of carbonyl (C=O) groups is 1. The molecule has 1 amide bonds. The van der Waals surface area contributed by atoms with E-state index in [9.17, 15) is 18.0 Å². The van der Waals surface area contributed by atoms with Crippen LogP contribution in [-0.4, -0.2) is 37.2 Å². The van der Waals surface area contributed by atoms with Gasteiger partial charge in [-0.05, 0) is 54.9 Å². The largest absolute Gasteiger partial charge is 0.416 e. The van der Waals surface area contributed by atoms with Gasteiger partial charge in [-0.15, -0.1) is 0 Å². The van der Waals surface area contributed by atoms with E-state index >= 15 is 0 Å². The summed E-state index contributed by atoms with van der Waals surface area (Å²) in [6.45, 7) is 5.17. The number of ether oxygens (including phenoxy) is 1. The summed E-state index contributed by atoms with van der Waals surface area (Å²) in [4.78, 5) is 20.2. The highest BCUT2D eigenvalue weighted by molar-refractivity contribution is 5.88. The number of pyridine rings is 1. The molecule has 1 aromatic carbocycles. The van der Waals surface area contributed by atoms with Gasteiger partial charge >= 0.3 is 6.18 Å². The lowest BCUT2D eigenvalue weighted by molar-refractivity contribution is -0.138. The molecule has 0 radical (unpaired) electrons. The highest BCUT2D eigenvalue weighted by atomic mass is 19.4. The minimum Gasteiger partial charge on any atom is -0.381 e. The van der Waals surface area contributed by atoms with Crippen molar-refractivity contribution in [3.8, 4) is 0 Å². The Hall–Kier alpha value is -2.61. The van der Waals surface area contributed by atoms with E-state index in [1.54, 1.807) is 12.3 Å². The Kier molecular flexibility index (Phi) is 6.93. The van der Waals surface area contributed by atoms with Crippen molar-refractivity contribution in [1.82, 2.24) is 10.3 Å². The molecule has 33 heavy (non-hydrogen) atoms. The molecule has 5 nitrogen and oxygen atoms in total. The summed E-state index contributed by atoms with van der Waals surface area (Å²) in [5.41, 5.74) is -0.558. The minimum absolute atomic E-state index is 0.269. The number of hydrogen-bond donors (Lipinski definition) is 1. The molecule has 1 N–H and O–H groups in total. The van der Waals surface area contributed by atoms with Crippen molar-refractivity contribution in [2.45, 2.75) is 50.7 Å². The van der Waals surface area contributed by atoms with E-state index in [-0.39, 0.29) is 12.5 Å². The quantitative estimate of drug-likeness (QED) is 0.701. The van der Waals surface area contributed by atoms with Crippen LogP contribution in [0.25, 0.3) is 0 Å². The van der Waals surface area contributed by atoms with Gasteiger partial charge < -0.3 is 15.0 Å². The van der Waals surface area contributed by atoms with Crippen molar-refractivity contribution in [3.05, 3.63) is 59.3 Å². The molecule has 0 aliphatic carbocycles. The minimum atomic E-state index is -4.46. The van der Waals surface area contributed by atoms with Crippen molar-refractivity contribution < 1.29 is 22.7 Å². The monoisotopic (exact) mass is 461 g/mol. The molecule has 8 heteroatoms. The molecule has 0 atom stereocenters. The fraction of sp³-hybridized carbons (Fsp3) is 0.520. The van der Waals surface area contributed by atoms with E-state index in [1.807, 2.05) is 12.1 Å². The van der Waals surface area contributed by atoms with Crippen LogP contribution in [0.5, 0.6) is 0 Å². The second kappa shape index (κ2) is 9.71. The number of halogens is 3. The summed E-state index contributed by atoms with van der Waals surface area (Å²) >= 11 is 0. The highest BCUT2D eigenvalue weighted by Gasteiger charge is 2.43. The maximum atomic E-state index is 13.3. The SMILES string of the molecule is CC1CCN(c2ccc(CNC(=O)C3(c4cccc(C(F)(F)F)c4)CCOCC3)cn2)CC1. The molecular weight excluding hydrogens is 431 g/mol. The summed E-state index contributed by atoms with van der Waals surface area (Å²) < 4.78 is 45.3. The molecule has 4 rings (SSSR count). The smallest absolute Gasteiger partial charge is 0.381 e. The van der Waals surface area contributed by atoms with E-state index in [2.05, 4.69) is 22.1 Å². The van der Waals surface area contributed by atoms with Crippen molar-refractivity contribution in [2.75, 3.05) is 31.2 Å². The molecule has 2 aliphatic heterocycles. The zero-order valence-electron chi connectivity index (χ0n) is 18.8. The lowest BCUT2D eigenvalue weighted by Gasteiger charge is -2.36. The van der Waals surface area contributed by atoms with E-state index in [4.69, 9.17) is 4.74 Å². The molecule has 0 saturated carbocycles. The highest BCUT2D eigenvalue weighted by Crippen LogP contribution is 2.38. The van der Waals surface area contributed by atoms with Gasteiger partial charge in [0.05, 0.1) is 11.0 Å². The van der Waals surface area contributed by atoms with Crippen LogP contribution in [0.15, 0.2) is 42.6 Å². The van der Waals surface area contributed by atoms with Gasteiger partial charge in [0.15, 0.2) is 0 Å². The summed E-state index contributed by atoms with van der Waals surface area (Å²) in [5.74, 6) is 1.39. The number of amides is 1. The molecule has 0 unspecified atom stereocenters. The van der Waals surface area contributed by atoms with Gasteiger partial charge in [0, 0.05) is 39.0 Å². The fourth-order valence-corrected chi connectivity index (χ4v) is 4.66. The zero-order chi connectivity index (χ0) is 23.5. The Labute approximate surface area is 192 Å². The average Bonchev–Trinajstić information content (AvgIpc) is 2.83. The molecule has 0 spiro atoms. The number of nitrogens with zero attached hydrogens (tertiary/aromatic N) is 2. The second-order valence-corrected chi connectivity index (χ2v) is 9.15. The lowest BCUT2D eigenvalue weighted by Crippen LogP contribution is -2.48. The van der Waals surface area contributed by atoms with E-state index in [0.29, 0.717) is 31.6 Å². The predicted octanol–water partition coefficient (Wildman–Crippen LogP) is 4.70. The molecule has 2 aliphatic rings. The number of rotatable bonds is 5. The molecule has 2 fully saturated rings. The molecule has 2 aromatic rings. The number of aromatic nitrogens is 1. The van der Waals surface area contributed by atoms with Gasteiger partial charge in [-0.3, -0.25) is 4.79 Å². The first-order chi connectivity index (χ1) is 15.8. The van der Waals surface area contributed by atoms with Crippen molar-refractivity contribution >= 4 is 11.7 Å². The van der Waals surface area contributed by atoms with Crippen LogP contribution < -0.4 is 10.2 Å². The summed E-state index contributed by atoms with van der Waals surface area (Å²) in [6.07, 6.45) is 0.282.